The topological polar surface area (TPSA) is 40.5 Å². The van der Waals surface area contributed by atoms with Crippen LogP contribution in [0, 0.1) is 0 Å². The molecule has 0 saturated carbocycles. The highest BCUT2D eigenvalue weighted by molar-refractivity contribution is 6.34. The van der Waals surface area contributed by atoms with E-state index >= 15 is 0 Å². The van der Waals surface area contributed by atoms with Crippen LogP contribution in [0.4, 0.5) is 0 Å². The first kappa shape index (κ1) is 12.7. The molecule has 5 heteroatoms. The number of β-amino-alcohol motifs (C(OH)–C–C–N with tert-alkyl or cyclic N) is 1. The molecule has 1 unspecified atom stereocenters. The summed E-state index contributed by atoms with van der Waals surface area (Å²) < 4.78 is 0. The van der Waals surface area contributed by atoms with Crippen LogP contribution in [0.1, 0.15) is 12.0 Å². The molecule has 1 fully saturated rings. The summed E-state index contributed by atoms with van der Waals surface area (Å²) >= 11 is 11.8. The second kappa shape index (κ2) is 5.25. The van der Waals surface area contributed by atoms with Gasteiger partial charge in [0.05, 0.1) is 12.5 Å². The summed E-state index contributed by atoms with van der Waals surface area (Å²) in [4.78, 5) is 13.1. The van der Waals surface area contributed by atoms with Gasteiger partial charge in [-0.15, -0.1) is 0 Å². The van der Waals surface area contributed by atoms with Crippen LogP contribution in [0.2, 0.25) is 10.0 Å². The van der Waals surface area contributed by atoms with Gasteiger partial charge >= 0.3 is 0 Å². The third-order valence-corrected chi connectivity index (χ3v) is 3.22. The SMILES string of the molecule is O=C1CC(O)CN1CCc1cc(Cl)cc(Cl)c1. The van der Waals surface area contributed by atoms with Crippen LogP contribution >= 0.6 is 23.2 Å². The standard InChI is InChI=1S/C12H13Cl2NO2/c13-9-3-8(4-10(14)5-9)1-2-15-7-11(16)6-12(15)17/h3-5,11,16H,1-2,6-7H2. The molecule has 2 rings (SSSR count). The van der Waals surface area contributed by atoms with Crippen molar-refractivity contribution in [3.63, 3.8) is 0 Å². The Morgan fingerprint density at radius 2 is 1.94 bits per heavy atom. The highest BCUT2D eigenvalue weighted by atomic mass is 35.5. The fourth-order valence-corrected chi connectivity index (χ4v) is 2.56. The molecule has 92 valence electrons. The van der Waals surface area contributed by atoms with Gasteiger partial charge in [-0.05, 0) is 30.2 Å². The van der Waals surface area contributed by atoms with E-state index in [9.17, 15) is 9.90 Å². The molecule has 1 aromatic rings. The van der Waals surface area contributed by atoms with Crippen LogP contribution in [0.15, 0.2) is 18.2 Å². The number of amides is 1. The number of halogens is 2. The molecule has 1 amide bonds. The fraction of sp³-hybridized carbons (Fsp3) is 0.417. The normalized spacial score (nSPS) is 20.1. The molecule has 1 N–H and O–H groups in total. The maximum Gasteiger partial charge on any atom is 0.225 e. The van der Waals surface area contributed by atoms with Gasteiger partial charge in [-0.25, -0.2) is 0 Å². The highest BCUT2D eigenvalue weighted by Crippen LogP contribution is 2.20. The Morgan fingerprint density at radius 3 is 2.47 bits per heavy atom. The number of benzene rings is 1. The Hall–Kier alpha value is -0.770. The van der Waals surface area contributed by atoms with Gasteiger partial charge < -0.3 is 10.0 Å². The first-order valence-corrected chi connectivity index (χ1v) is 6.21. The molecule has 17 heavy (non-hydrogen) atoms. The predicted molar refractivity (Wildman–Crippen MR) is 67.4 cm³/mol. The van der Waals surface area contributed by atoms with Gasteiger partial charge in [-0.2, -0.15) is 0 Å². The van der Waals surface area contributed by atoms with Gasteiger partial charge in [0.15, 0.2) is 0 Å². The Labute approximate surface area is 110 Å². The molecule has 0 spiro atoms. The molecule has 0 radical (unpaired) electrons. The van der Waals surface area contributed by atoms with E-state index in [-0.39, 0.29) is 12.3 Å². The number of carbonyl (C=O) groups is 1. The van der Waals surface area contributed by atoms with Crippen molar-refractivity contribution in [2.24, 2.45) is 0 Å². The third-order valence-electron chi connectivity index (χ3n) is 2.79. The van der Waals surface area contributed by atoms with Crippen molar-refractivity contribution in [2.45, 2.75) is 18.9 Å². The first-order chi connectivity index (χ1) is 8.04. The van der Waals surface area contributed by atoms with E-state index < -0.39 is 6.10 Å². The average molecular weight is 274 g/mol. The van der Waals surface area contributed by atoms with Gasteiger partial charge in [0.1, 0.15) is 0 Å². The van der Waals surface area contributed by atoms with Crippen molar-refractivity contribution in [3.05, 3.63) is 33.8 Å². The number of nitrogens with zero attached hydrogens (tertiary/aromatic N) is 1. The summed E-state index contributed by atoms with van der Waals surface area (Å²) in [5, 5.41) is 10.5. The van der Waals surface area contributed by atoms with E-state index in [1.165, 1.54) is 0 Å². The second-order valence-corrected chi connectivity index (χ2v) is 5.10. The van der Waals surface area contributed by atoms with Gasteiger partial charge in [-0.3, -0.25) is 4.79 Å². The van der Waals surface area contributed by atoms with E-state index in [1.54, 1.807) is 11.0 Å². The largest absolute Gasteiger partial charge is 0.391 e. The molecule has 1 heterocycles. The van der Waals surface area contributed by atoms with E-state index in [0.29, 0.717) is 29.6 Å². The smallest absolute Gasteiger partial charge is 0.225 e. The Balaban J connectivity index is 1.96. The van der Waals surface area contributed by atoms with E-state index in [4.69, 9.17) is 23.2 Å². The quantitative estimate of drug-likeness (QED) is 0.917. The molecule has 1 saturated heterocycles. The number of rotatable bonds is 3. The monoisotopic (exact) mass is 273 g/mol. The summed E-state index contributed by atoms with van der Waals surface area (Å²) in [7, 11) is 0. The van der Waals surface area contributed by atoms with Crippen LogP contribution in [0.25, 0.3) is 0 Å². The summed E-state index contributed by atoms with van der Waals surface area (Å²) in [6, 6.07) is 5.35. The Bertz CT molecular complexity index is 416. The lowest BCUT2D eigenvalue weighted by atomic mass is 10.1. The molecule has 1 atom stereocenters. The fourth-order valence-electron chi connectivity index (χ4n) is 1.99. The van der Waals surface area contributed by atoms with Crippen LogP contribution in [0.5, 0.6) is 0 Å². The molecular weight excluding hydrogens is 261 g/mol. The van der Waals surface area contributed by atoms with Crippen molar-refractivity contribution < 1.29 is 9.90 Å². The maximum atomic E-state index is 11.5. The number of hydrogen-bond donors (Lipinski definition) is 1. The molecule has 0 aliphatic carbocycles. The summed E-state index contributed by atoms with van der Waals surface area (Å²) in [5.41, 5.74) is 0.997. The Kier molecular flexibility index (Phi) is 3.92. The molecule has 0 bridgehead atoms. The van der Waals surface area contributed by atoms with Gasteiger partial charge in [0, 0.05) is 23.1 Å². The lowest BCUT2D eigenvalue weighted by Crippen LogP contribution is -2.28. The zero-order valence-electron chi connectivity index (χ0n) is 9.20. The minimum atomic E-state index is -0.523. The molecule has 1 aromatic carbocycles. The lowest BCUT2D eigenvalue weighted by molar-refractivity contribution is -0.127. The highest BCUT2D eigenvalue weighted by Gasteiger charge is 2.27. The van der Waals surface area contributed by atoms with Crippen LogP contribution < -0.4 is 0 Å². The van der Waals surface area contributed by atoms with Crippen LogP contribution in [-0.4, -0.2) is 35.1 Å². The van der Waals surface area contributed by atoms with E-state index in [1.807, 2.05) is 12.1 Å². The van der Waals surface area contributed by atoms with Crippen molar-refractivity contribution in [1.82, 2.24) is 4.90 Å². The summed E-state index contributed by atoms with van der Waals surface area (Å²) in [6.07, 6.45) is 0.403. The summed E-state index contributed by atoms with van der Waals surface area (Å²) in [5.74, 6) is 0.00521. The predicted octanol–water partition coefficient (Wildman–Crippen LogP) is 2.13. The van der Waals surface area contributed by atoms with Crippen molar-refractivity contribution in [2.75, 3.05) is 13.1 Å². The van der Waals surface area contributed by atoms with E-state index in [2.05, 4.69) is 0 Å². The van der Waals surface area contributed by atoms with Gasteiger partial charge in [0.2, 0.25) is 5.91 Å². The number of aliphatic hydroxyl groups excluding tert-OH is 1. The summed E-state index contributed by atoms with van der Waals surface area (Å²) in [6.45, 7) is 1.01. The van der Waals surface area contributed by atoms with Gasteiger partial charge in [-0.1, -0.05) is 23.2 Å². The average Bonchev–Trinajstić information content (AvgIpc) is 2.53. The number of likely N-dealkylation sites (tertiary alicyclic amines) is 1. The molecule has 3 nitrogen and oxygen atoms in total. The molecular formula is C12H13Cl2NO2. The lowest BCUT2D eigenvalue weighted by Gasteiger charge is -2.15. The van der Waals surface area contributed by atoms with Crippen LogP contribution in [0.3, 0.4) is 0 Å². The van der Waals surface area contributed by atoms with Crippen molar-refractivity contribution >= 4 is 29.1 Å². The van der Waals surface area contributed by atoms with Gasteiger partial charge in [0.25, 0.3) is 0 Å². The van der Waals surface area contributed by atoms with Crippen molar-refractivity contribution in [3.8, 4) is 0 Å². The van der Waals surface area contributed by atoms with Crippen molar-refractivity contribution in [1.29, 1.82) is 0 Å². The molecule has 1 aliphatic rings. The minimum Gasteiger partial charge on any atom is -0.391 e. The third kappa shape index (κ3) is 3.35. The maximum absolute atomic E-state index is 11.5. The number of aliphatic hydroxyl groups is 1. The Morgan fingerprint density at radius 1 is 1.29 bits per heavy atom. The first-order valence-electron chi connectivity index (χ1n) is 5.45. The van der Waals surface area contributed by atoms with Crippen LogP contribution in [-0.2, 0) is 11.2 Å². The number of hydrogen-bond acceptors (Lipinski definition) is 2. The zero-order chi connectivity index (χ0) is 12.4. The van der Waals surface area contributed by atoms with E-state index in [0.717, 1.165) is 5.56 Å². The minimum absolute atomic E-state index is 0.00521. The second-order valence-electron chi connectivity index (χ2n) is 4.23. The zero-order valence-corrected chi connectivity index (χ0v) is 10.7. The number of carbonyl (C=O) groups excluding carboxylic acids is 1. The molecule has 0 aromatic heterocycles. The molecule has 1 aliphatic heterocycles.